The highest BCUT2D eigenvalue weighted by atomic mass is 16.5. The standard InChI is InChI=1S/C7H6BNO3/c10-7(12-8-9-11)6-4-2-1-3-5-6/h1-5,8H. The molecule has 5 heteroatoms. The number of carbonyl (C=O) groups is 1. The molecular weight excluding hydrogens is 157 g/mol. The number of nitroso groups, excluding NO2 is 1. The van der Waals surface area contributed by atoms with Crippen LogP contribution in [-0.4, -0.2) is 13.6 Å². The number of carbonyl (C=O) groups excluding carboxylic acids is 1. The Morgan fingerprint density at radius 3 is 2.58 bits per heavy atom. The first-order chi connectivity index (χ1) is 5.84. The van der Waals surface area contributed by atoms with Gasteiger partial charge in [-0.2, -0.15) is 4.91 Å². The molecule has 0 bridgehead atoms. The van der Waals surface area contributed by atoms with E-state index in [9.17, 15) is 9.70 Å². The summed E-state index contributed by atoms with van der Waals surface area (Å²) in [7, 11) is -0.437. The molecule has 0 unspecified atom stereocenters. The predicted molar refractivity (Wildman–Crippen MR) is 44.8 cm³/mol. The molecule has 0 aliphatic heterocycles. The van der Waals surface area contributed by atoms with E-state index in [-0.39, 0.29) is 0 Å². The van der Waals surface area contributed by atoms with Crippen molar-refractivity contribution in [3.63, 3.8) is 0 Å². The lowest BCUT2D eigenvalue weighted by Gasteiger charge is -1.97. The summed E-state index contributed by atoms with van der Waals surface area (Å²) >= 11 is 0. The van der Waals surface area contributed by atoms with E-state index in [1.807, 2.05) is 0 Å². The Bertz CT molecular complexity index is 275. The Balaban J connectivity index is 2.59. The maximum atomic E-state index is 11.0. The number of benzene rings is 1. The van der Waals surface area contributed by atoms with Gasteiger partial charge in [-0.3, -0.25) is 0 Å². The van der Waals surface area contributed by atoms with Crippen LogP contribution in [0.15, 0.2) is 35.4 Å². The molecule has 0 aliphatic rings. The van der Waals surface area contributed by atoms with E-state index >= 15 is 0 Å². The summed E-state index contributed by atoms with van der Waals surface area (Å²) in [6.07, 6.45) is 0. The average molecular weight is 163 g/mol. The van der Waals surface area contributed by atoms with Crippen LogP contribution in [0.2, 0.25) is 0 Å². The van der Waals surface area contributed by atoms with Crippen molar-refractivity contribution < 1.29 is 9.45 Å². The number of rotatable bonds is 3. The Labute approximate surface area is 69.8 Å². The smallest absolute Gasteiger partial charge is 0.511 e. The maximum Gasteiger partial charge on any atom is 0.532 e. The maximum absolute atomic E-state index is 11.0. The third-order valence-corrected chi connectivity index (χ3v) is 1.26. The highest BCUT2D eigenvalue weighted by Crippen LogP contribution is 1.99. The van der Waals surface area contributed by atoms with Crippen LogP contribution in [-0.2, 0) is 4.65 Å². The van der Waals surface area contributed by atoms with Crippen LogP contribution >= 0.6 is 0 Å². The van der Waals surface area contributed by atoms with Crippen molar-refractivity contribution in [1.29, 1.82) is 0 Å². The van der Waals surface area contributed by atoms with Gasteiger partial charge in [-0.05, 0) is 12.1 Å². The lowest BCUT2D eigenvalue weighted by atomic mass is 10.2. The van der Waals surface area contributed by atoms with Gasteiger partial charge in [0.1, 0.15) is 0 Å². The molecule has 0 N–H and O–H groups in total. The lowest BCUT2D eigenvalue weighted by molar-refractivity contribution is 0.0741. The predicted octanol–water partition coefficient (Wildman–Crippen LogP) is 0.876. The first-order valence-corrected chi connectivity index (χ1v) is 3.36. The Morgan fingerprint density at radius 1 is 1.33 bits per heavy atom. The Morgan fingerprint density at radius 2 is 2.00 bits per heavy atom. The largest absolute Gasteiger partial charge is 0.532 e. The summed E-state index contributed by atoms with van der Waals surface area (Å²) in [6, 6.07) is 8.42. The van der Waals surface area contributed by atoms with Crippen LogP contribution in [0.3, 0.4) is 0 Å². The fraction of sp³-hybridized carbons (Fsp3) is 0. The SMILES string of the molecule is O=NBOC(=O)c1ccccc1. The number of hydrogen-bond acceptors (Lipinski definition) is 4. The minimum absolute atomic E-state index is 0.418. The van der Waals surface area contributed by atoms with Gasteiger partial charge in [0.05, 0.1) is 5.56 Å². The summed E-state index contributed by atoms with van der Waals surface area (Å²) in [5, 5.41) is 2.41. The number of hydrogen-bond donors (Lipinski definition) is 0. The van der Waals surface area contributed by atoms with Crippen LogP contribution < -0.4 is 0 Å². The van der Waals surface area contributed by atoms with Crippen LogP contribution in [0.25, 0.3) is 0 Å². The van der Waals surface area contributed by atoms with Gasteiger partial charge in [0.2, 0.25) is 0 Å². The fourth-order valence-corrected chi connectivity index (χ4v) is 0.743. The molecule has 0 saturated carbocycles. The van der Waals surface area contributed by atoms with E-state index in [2.05, 4.69) is 9.74 Å². The summed E-state index contributed by atoms with van der Waals surface area (Å²) in [4.78, 5) is 20.6. The minimum atomic E-state index is -0.532. The van der Waals surface area contributed by atoms with E-state index in [4.69, 9.17) is 0 Å². The summed E-state index contributed by atoms with van der Waals surface area (Å²) in [5.41, 5.74) is 0.418. The van der Waals surface area contributed by atoms with Crippen molar-refractivity contribution in [3.05, 3.63) is 40.8 Å². The van der Waals surface area contributed by atoms with Crippen LogP contribution in [0.4, 0.5) is 0 Å². The van der Waals surface area contributed by atoms with Crippen molar-refractivity contribution in [3.8, 4) is 0 Å². The van der Waals surface area contributed by atoms with Crippen LogP contribution in [0, 0.1) is 4.91 Å². The molecule has 0 aliphatic carbocycles. The highest BCUT2D eigenvalue weighted by molar-refractivity contribution is 6.29. The van der Waals surface area contributed by atoms with Crippen molar-refractivity contribution >= 4 is 13.6 Å². The van der Waals surface area contributed by atoms with Gasteiger partial charge >= 0.3 is 13.6 Å². The third kappa shape index (κ3) is 2.19. The second-order valence-electron chi connectivity index (χ2n) is 2.06. The summed E-state index contributed by atoms with van der Waals surface area (Å²) in [6.45, 7) is 0. The van der Waals surface area contributed by atoms with Gasteiger partial charge in [0.15, 0.2) is 0 Å². The highest BCUT2D eigenvalue weighted by Gasteiger charge is 2.05. The average Bonchev–Trinajstić information content (AvgIpc) is 2.15. The molecule has 12 heavy (non-hydrogen) atoms. The zero-order chi connectivity index (χ0) is 8.81. The number of nitrogens with zero attached hydrogens (tertiary/aromatic N) is 1. The minimum Gasteiger partial charge on any atom is -0.511 e. The molecule has 4 nitrogen and oxygen atoms in total. The first kappa shape index (κ1) is 8.45. The molecule has 1 aromatic carbocycles. The summed E-state index contributed by atoms with van der Waals surface area (Å²) < 4.78 is 4.46. The Hall–Kier alpha value is -1.65. The van der Waals surface area contributed by atoms with Crippen molar-refractivity contribution in [2.24, 2.45) is 5.09 Å². The van der Waals surface area contributed by atoms with Gasteiger partial charge in [0, 0.05) is 0 Å². The van der Waals surface area contributed by atoms with Crippen molar-refractivity contribution in [2.75, 3.05) is 0 Å². The third-order valence-electron chi connectivity index (χ3n) is 1.26. The van der Waals surface area contributed by atoms with Crippen LogP contribution in [0.1, 0.15) is 10.4 Å². The Kier molecular flexibility index (Phi) is 3.01. The molecule has 0 spiro atoms. The van der Waals surface area contributed by atoms with Crippen LogP contribution in [0.5, 0.6) is 0 Å². The van der Waals surface area contributed by atoms with E-state index in [1.54, 1.807) is 30.3 Å². The topological polar surface area (TPSA) is 55.7 Å². The molecule has 60 valence electrons. The zero-order valence-electron chi connectivity index (χ0n) is 6.27. The molecule has 0 amide bonds. The molecule has 0 saturated heterocycles. The van der Waals surface area contributed by atoms with E-state index in [0.29, 0.717) is 5.56 Å². The van der Waals surface area contributed by atoms with E-state index in [0.717, 1.165) is 0 Å². The van der Waals surface area contributed by atoms with Gasteiger partial charge in [-0.1, -0.05) is 23.3 Å². The molecule has 0 aromatic heterocycles. The zero-order valence-corrected chi connectivity index (χ0v) is 6.27. The fourth-order valence-electron chi connectivity index (χ4n) is 0.743. The second-order valence-corrected chi connectivity index (χ2v) is 2.06. The molecule has 0 fully saturated rings. The molecule has 1 aromatic rings. The molecule has 0 atom stereocenters. The normalized spacial score (nSPS) is 8.67. The monoisotopic (exact) mass is 163 g/mol. The van der Waals surface area contributed by atoms with E-state index in [1.165, 1.54) is 0 Å². The molecular formula is C7H6BNO3. The van der Waals surface area contributed by atoms with Crippen molar-refractivity contribution in [2.45, 2.75) is 0 Å². The van der Waals surface area contributed by atoms with E-state index < -0.39 is 13.6 Å². The van der Waals surface area contributed by atoms with Gasteiger partial charge in [-0.25, -0.2) is 4.79 Å². The first-order valence-electron chi connectivity index (χ1n) is 3.36. The van der Waals surface area contributed by atoms with Gasteiger partial charge in [-0.15, -0.1) is 0 Å². The quantitative estimate of drug-likeness (QED) is 0.490. The van der Waals surface area contributed by atoms with Gasteiger partial charge in [0.25, 0.3) is 0 Å². The summed E-state index contributed by atoms with van der Waals surface area (Å²) in [5.74, 6) is -0.532. The second kappa shape index (κ2) is 4.28. The lowest BCUT2D eigenvalue weighted by Crippen LogP contribution is -2.06. The molecule has 1 rings (SSSR count). The van der Waals surface area contributed by atoms with Crippen molar-refractivity contribution in [1.82, 2.24) is 0 Å². The molecule has 0 radical (unpaired) electrons. The molecule has 0 heterocycles. The van der Waals surface area contributed by atoms with Gasteiger partial charge < -0.3 is 4.65 Å².